The Morgan fingerprint density at radius 3 is 2.79 bits per heavy atom. The Morgan fingerprint density at radius 1 is 1.42 bits per heavy atom. The average Bonchev–Trinajstić information content (AvgIpc) is 2.89. The van der Waals surface area contributed by atoms with Crippen LogP contribution in [0.3, 0.4) is 0 Å². The summed E-state index contributed by atoms with van der Waals surface area (Å²) in [6.45, 7) is 2.46. The number of thiophene rings is 1. The molecule has 1 N–H and O–H groups in total. The second kappa shape index (κ2) is 6.83. The predicted octanol–water partition coefficient (Wildman–Crippen LogP) is 1.55. The highest BCUT2D eigenvalue weighted by atomic mass is 32.2. The molecule has 1 aromatic heterocycles. The lowest BCUT2D eigenvalue weighted by Gasteiger charge is -2.25. The van der Waals surface area contributed by atoms with E-state index >= 15 is 0 Å². The van der Waals surface area contributed by atoms with Crippen LogP contribution in [-0.2, 0) is 16.4 Å². The fourth-order valence-corrected chi connectivity index (χ4v) is 4.59. The standard InChI is InChI=1S/C13H22N2O2S2/c1-15(9-6-13-3-2-10-18-13)19(16,17)11-12-4-7-14-8-5-12/h2-3,10,12,14H,4-9,11H2,1H3. The van der Waals surface area contributed by atoms with Gasteiger partial charge in [-0.05, 0) is 49.7 Å². The topological polar surface area (TPSA) is 49.4 Å². The van der Waals surface area contributed by atoms with Crippen molar-refractivity contribution < 1.29 is 8.42 Å². The molecule has 19 heavy (non-hydrogen) atoms. The van der Waals surface area contributed by atoms with Crippen molar-refractivity contribution in [2.45, 2.75) is 19.3 Å². The summed E-state index contributed by atoms with van der Waals surface area (Å²) in [5, 5.41) is 5.29. The lowest BCUT2D eigenvalue weighted by Crippen LogP contribution is -2.37. The zero-order valence-corrected chi connectivity index (χ0v) is 13.0. The number of hydrogen-bond acceptors (Lipinski definition) is 4. The van der Waals surface area contributed by atoms with E-state index in [1.54, 1.807) is 18.4 Å². The lowest BCUT2D eigenvalue weighted by molar-refractivity contribution is 0.390. The van der Waals surface area contributed by atoms with Crippen LogP contribution in [0, 0.1) is 5.92 Å². The fraction of sp³-hybridized carbons (Fsp3) is 0.692. The van der Waals surface area contributed by atoms with Gasteiger partial charge in [0.2, 0.25) is 10.0 Å². The molecule has 1 aliphatic heterocycles. The smallest absolute Gasteiger partial charge is 0.214 e. The highest BCUT2D eigenvalue weighted by Gasteiger charge is 2.24. The molecule has 2 heterocycles. The van der Waals surface area contributed by atoms with Crippen molar-refractivity contribution in [1.82, 2.24) is 9.62 Å². The third kappa shape index (κ3) is 4.56. The largest absolute Gasteiger partial charge is 0.317 e. The first kappa shape index (κ1) is 15.0. The molecule has 1 saturated heterocycles. The maximum absolute atomic E-state index is 12.3. The molecule has 0 saturated carbocycles. The minimum absolute atomic E-state index is 0.301. The van der Waals surface area contributed by atoms with Gasteiger partial charge in [0.15, 0.2) is 0 Å². The number of sulfonamides is 1. The Hall–Kier alpha value is -0.430. The molecule has 4 nitrogen and oxygen atoms in total. The van der Waals surface area contributed by atoms with E-state index in [1.165, 1.54) is 9.18 Å². The first-order chi connectivity index (χ1) is 9.08. The van der Waals surface area contributed by atoms with Crippen molar-refractivity contribution in [3.8, 4) is 0 Å². The molecule has 0 atom stereocenters. The highest BCUT2D eigenvalue weighted by Crippen LogP contribution is 2.17. The van der Waals surface area contributed by atoms with E-state index in [0.29, 0.717) is 18.2 Å². The van der Waals surface area contributed by atoms with Gasteiger partial charge in [-0.15, -0.1) is 11.3 Å². The second-order valence-electron chi connectivity index (χ2n) is 5.12. The third-order valence-electron chi connectivity index (χ3n) is 3.63. The molecule has 0 unspecified atom stereocenters. The summed E-state index contributed by atoms with van der Waals surface area (Å²) in [6, 6.07) is 4.06. The molecule has 1 aliphatic rings. The summed E-state index contributed by atoms with van der Waals surface area (Å²) in [6.07, 6.45) is 2.75. The second-order valence-corrected chi connectivity index (χ2v) is 8.28. The molecule has 1 fully saturated rings. The summed E-state index contributed by atoms with van der Waals surface area (Å²) in [7, 11) is -1.40. The SMILES string of the molecule is CN(CCc1cccs1)S(=O)(=O)CC1CCNCC1. The Kier molecular flexibility index (Phi) is 5.38. The van der Waals surface area contributed by atoms with Crippen LogP contribution < -0.4 is 5.32 Å². The van der Waals surface area contributed by atoms with Crippen molar-refractivity contribution >= 4 is 21.4 Å². The van der Waals surface area contributed by atoms with Gasteiger partial charge >= 0.3 is 0 Å². The number of nitrogens with one attached hydrogen (secondary N) is 1. The quantitative estimate of drug-likeness (QED) is 0.867. The first-order valence-electron chi connectivity index (χ1n) is 6.75. The van der Waals surface area contributed by atoms with Crippen LogP contribution in [0.25, 0.3) is 0 Å². The third-order valence-corrected chi connectivity index (χ3v) is 6.59. The van der Waals surface area contributed by atoms with Gasteiger partial charge in [0.1, 0.15) is 0 Å². The van der Waals surface area contributed by atoms with Crippen molar-refractivity contribution in [3.63, 3.8) is 0 Å². The Labute approximate surface area is 119 Å². The predicted molar refractivity (Wildman–Crippen MR) is 80.0 cm³/mol. The van der Waals surface area contributed by atoms with Gasteiger partial charge in [-0.2, -0.15) is 0 Å². The Morgan fingerprint density at radius 2 is 2.16 bits per heavy atom. The minimum Gasteiger partial charge on any atom is -0.317 e. The van der Waals surface area contributed by atoms with Crippen LogP contribution in [0.4, 0.5) is 0 Å². The molecule has 0 bridgehead atoms. The van der Waals surface area contributed by atoms with Gasteiger partial charge in [0, 0.05) is 18.5 Å². The van der Waals surface area contributed by atoms with Crippen LogP contribution in [0.1, 0.15) is 17.7 Å². The van der Waals surface area contributed by atoms with E-state index in [2.05, 4.69) is 11.4 Å². The minimum atomic E-state index is -3.10. The summed E-state index contributed by atoms with van der Waals surface area (Å²) in [4.78, 5) is 1.24. The van der Waals surface area contributed by atoms with E-state index in [0.717, 1.165) is 32.4 Å². The van der Waals surface area contributed by atoms with E-state index in [4.69, 9.17) is 0 Å². The van der Waals surface area contributed by atoms with Crippen LogP contribution >= 0.6 is 11.3 Å². The number of piperidine rings is 1. The monoisotopic (exact) mass is 302 g/mol. The van der Waals surface area contributed by atoms with Crippen LogP contribution in [0.5, 0.6) is 0 Å². The van der Waals surface area contributed by atoms with Gasteiger partial charge in [-0.3, -0.25) is 0 Å². The maximum atomic E-state index is 12.3. The maximum Gasteiger partial charge on any atom is 0.214 e. The molecular formula is C13H22N2O2S2. The van der Waals surface area contributed by atoms with Crippen molar-refractivity contribution in [3.05, 3.63) is 22.4 Å². The summed E-state index contributed by atoms with van der Waals surface area (Å²) in [5.74, 6) is 0.616. The molecule has 0 radical (unpaired) electrons. The van der Waals surface area contributed by atoms with Gasteiger partial charge in [-0.25, -0.2) is 12.7 Å². The van der Waals surface area contributed by atoms with Crippen molar-refractivity contribution in [2.75, 3.05) is 32.4 Å². The first-order valence-corrected chi connectivity index (χ1v) is 9.24. The molecule has 0 aliphatic carbocycles. The van der Waals surface area contributed by atoms with Crippen molar-refractivity contribution in [1.29, 1.82) is 0 Å². The number of hydrogen-bond donors (Lipinski definition) is 1. The van der Waals surface area contributed by atoms with Gasteiger partial charge in [-0.1, -0.05) is 6.07 Å². The zero-order chi connectivity index (χ0) is 13.7. The lowest BCUT2D eigenvalue weighted by atomic mass is 10.0. The molecule has 0 aromatic carbocycles. The molecule has 6 heteroatoms. The van der Waals surface area contributed by atoms with Crippen LogP contribution in [0.2, 0.25) is 0 Å². The molecule has 0 spiro atoms. The van der Waals surface area contributed by atoms with Crippen molar-refractivity contribution in [2.24, 2.45) is 5.92 Å². The fourth-order valence-electron chi connectivity index (χ4n) is 2.34. The van der Waals surface area contributed by atoms with Gasteiger partial charge < -0.3 is 5.32 Å². The molecule has 0 amide bonds. The molecule has 2 rings (SSSR count). The Balaban J connectivity index is 1.83. The normalized spacial score (nSPS) is 18.0. The summed E-state index contributed by atoms with van der Waals surface area (Å²) < 4.78 is 26.1. The number of likely N-dealkylation sites (N-methyl/N-ethyl adjacent to an activating group) is 1. The van der Waals surface area contributed by atoms with E-state index in [-0.39, 0.29) is 0 Å². The Bertz CT molecular complexity index is 465. The van der Waals surface area contributed by atoms with Gasteiger partial charge in [0.05, 0.1) is 5.75 Å². The number of nitrogens with zero attached hydrogens (tertiary/aromatic N) is 1. The summed E-state index contributed by atoms with van der Waals surface area (Å²) >= 11 is 1.68. The number of rotatable bonds is 6. The van der Waals surface area contributed by atoms with Crippen LogP contribution in [0.15, 0.2) is 17.5 Å². The zero-order valence-electron chi connectivity index (χ0n) is 11.3. The van der Waals surface area contributed by atoms with E-state index in [1.807, 2.05) is 11.4 Å². The molecule has 1 aromatic rings. The van der Waals surface area contributed by atoms with Gasteiger partial charge in [0.25, 0.3) is 0 Å². The molecule has 108 valence electrons. The van der Waals surface area contributed by atoms with Crippen LogP contribution in [-0.4, -0.2) is 45.2 Å². The molecular weight excluding hydrogens is 280 g/mol. The highest BCUT2D eigenvalue weighted by molar-refractivity contribution is 7.89. The van der Waals surface area contributed by atoms with E-state index < -0.39 is 10.0 Å². The average molecular weight is 302 g/mol. The van der Waals surface area contributed by atoms with E-state index in [9.17, 15) is 8.42 Å². The summed E-state index contributed by atoms with van der Waals surface area (Å²) in [5.41, 5.74) is 0.